The summed E-state index contributed by atoms with van der Waals surface area (Å²) in [7, 11) is 1.60. The maximum Gasteiger partial charge on any atom is 0.216 e. The minimum absolute atomic E-state index is 0.412. The van der Waals surface area contributed by atoms with E-state index in [9.17, 15) is 0 Å². The van der Waals surface area contributed by atoms with Crippen molar-refractivity contribution >= 4 is 0 Å². The lowest BCUT2D eigenvalue weighted by atomic mass is 10.1. The van der Waals surface area contributed by atoms with Crippen LogP contribution in [0.2, 0.25) is 0 Å². The van der Waals surface area contributed by atoms with Gasteiger partial charge in [-0.2, -0.15) is 0 Å². The monoisotopic (exact) mass is 195 g/mol. The van der Waals surface area contributed by atoms with Gasteiger partial charge in [-0.3, -0.25) is 0 Å². The van der Waals surface area contributed by atoms with E-state index in [1.54, 1.807) is 7.11 Å². The number of hydrogen-bond donors (Lipinski definition) is 0. The van der Waals surface area contributed by atoms with Gasteiger partial charge in [0.1, 0.15) is 5.75 Å². The van der Waals surface area contributed by atoms with Crippen LogP contribution in [0.5, 0.6) is 11.6 Å². The molecule has 0 aliphatic carbocycles. The van der Waals surface area contributed by atoms with Gasteiger partial charge in [0, 0.05) is 17.8 Å². The average molecular weight is 195 g/mol. The number of methoxy groups -OCH3 is 1. The maximum absolute atomic E-state index is 5.52. The Labute approximate surface area is 85.1 Å². The molecule has 0 bridgehead atoms. The first-order valence-electron chi connectivity index (χ1n) is 4.85. The van der Waals surface area contributed by atoms with Crippen molar-refractivity contribution in [2.75, 3.05) is 13.7 Å². The number of rotatable bonds is 4. The van der Waals surface area contributed by atoms with Crippen molar-refractivity contribution in [1.82, 2.24) is 4.98 Å². The first kappa shape index (κ1) is 10.8. The lowest BCUT2D eigenvalue weighted by Crippen LogP contribution is -2.00. The number of hydrogen-bond acceptors (Lipinski definition) is 3. The van der Waals surface area contributed by atoms with Gasteiger partial charge in [-0.15, -0.1) is 0 Å². The van der Waals surface area contributed by atoms with Crippen molar-refractivity contribution in [3.63, 3.8) is 0 Å². The van der Waals surface area contributed by atoms with Crippen LogP contribution >= 0.6 is 0 Å². The topological polar surface area (TPSA) is 31.4 Å². The third-order valence-electron chi connectivity index (χ3n) is 2.00. The largest absolute Gasteiger partial charge is 0.493 e. The Morgan fingerprint density at radius 1 is 1.43 bits per heavy atom. The van der Waals surface area contributed by atoms with E-state index in [1.165, 1.54) is 0 Å². The van der Waals surface area contributed by atoms with Crippen molar-refractivity contribution < 1.29 is 9.47 Å². The van der Waals surface area contributed by atoms with Gasteiger partial charge in [0.15, 0.2) is 0 Å². The highest BCUT2D eigenvalue weighted by Crippen LogP contribution is 2.28. The van der Waals surface area contributed by atoms with Crippen LogP contribution in [-0.4, -0.2) is 18.7 Å². The Hall–Kier alpha value is -1.25. The van der Waals surface area contributed by atoms with E-state index in [4.69, 9.17) is 9.47 Å². The van der Waals surface area contributed by atoms with Crippen molar-refractivity contribution in [2.24, 2.45) is 0 Å². The molecule has 1 aromatic rings. The SMILES string of the molecule is CCOc1cc(OC)ncc1C(C)C. The number of nitrogens with zero attached hydrogens (tertiary/aromatic N) is 1. The lowest BCUT2D eigenvalue weighted by Gasteiger charge is -2.13. The summed E-state index contributed by atoms with van der Waals surface area (Å²) in [6, 6.07) is 1.83. The first-order valence-corrected chi connectivity index (χ1v) is 4.85. The molecule has 1 heterocycles. The molecule has 0 spiro atoms. The maximum atomic E-state index is 5.52. The second-order valence-electron chi connectivity index (χ2n) is 3.35. The summed E-state index contributed by atoms with van der Waals surface area (Å²) in [5.41, 5.74) is 1.12. The molecule has 0 aliphatic heterocycles. The fourth-order valence-corrected chi connectivity index (χ4v) is 1.26. The highest BCUT2D eigenvalue weighted by Gasteiger charge is 2.09. The molecule has 0 saturated carbocycles. The van der Waals surface area contributed by atoms with E-state index in [0.29, 0.717) is 18.4 Å². The third kappa shape index (κ3) is 2.37. The molecule has 3 nitrogen and oxygen atoms in total. The predicted molar refractivity (Wildman–Crippen MR) is 56.0 cm³/mol. The summed E-state index contributed by atoms with van der Waals surface area (Å²) in [5, 5.41) is 0. The Balaban J connectivity index is 3.03. The van der Waals surface area contributed by atoms with Gasteiger partial charge in [-0.05, 0) is 12.8 Å². The lowest BCUT2D eigenvalue weighted by molar-refractivity contribution is 0.328. The molecule has 0 radical (unpaired) electrons. The molecule has 0 atom stereocenters. The fourth-order valence-electron chi connectivity index (χ4n) is 1.26. The van der Waals surface area contributed by atoms with Gasteiger partial charge in [0.05, 0.1) is 13.7 Å². The summed E-state index contributed by atoms with van der Waals surface area (Å²) < 4.78 is 10.6. The Bertz CT molecular complexity index is 297. The molecule has 0 saturated heterocycles. The van der Waals surface area contributed by atoms with Gasteiger partial charge in [-0.25, -0.2) is 4.98 Å². The molecule has 3 heteroatoms. The van der Waals surface area contributed by atoms with Gasteiger partial charge >= 0.3 is 0 Å². The van der Waals surface area contributed by atoms with E-state index < -0.39 is 0 Å². The van der Waals surface area contributed by atoms with E-state index >= 15 is 0 Å². The number of ether oxygens (including phenoxy) is 2. The van der Waals surface area contributed by atoms with Crippen molar-refractivity contribution in [3.05, 3.63) is 17.8 Å². The average Bonchev–Trinajstić information content (AvgIpc) is 2.17. The van der Waals surface area contributed by atoms with Gasteiger partial charge < -0.3 is 9.47 Å². The van der Waals surface area contributed by atoms with Crippen LogP contribution in [0.4, 0.5) is 0 Å². The van der Waals surface area contributed by atoms with Crippen LogP contribution in [0.3, 0.4) is 0 Å². The molecule has 0 aromatic carbocycles. The second kappa shape index (κ2) is 4.84. The molecule has 0 N–H and O–H groups in total. The molecule has 0 amide bonds. The Kier molecular flexibility index (Phi) is 3.74. The van der Waals surface area contributed by atoms with E-state index in [-0.39, 0.29) is 0 Å². The van der Waals surface area contributed by atoms with Crippen LogP contribution < -0.4 is 9.47 Å². The van der Waals surface area contributed by atoms with Gasteiger partial charge in [-0.1, -0.05) is 13.8 Å². The van der Waals surface area contributed by atoms with Crippen LogP contribution in [0.1, 0.15) is 32.3 Å². The molecule has 14 heavy (non-hydrogen) atoms. The molecule has 1 aromatic heterocycles. The molecule has 78 valence electrons. The minimum Gasteiger partial charge on any atom is -0.493 e. The van der Waals surface area contributed by atoms with E-state index in [2.05, 4.69) is 18.8 Å². The van der Waals surface area contributed by atoms with Gasteiger partial charge in [0.25, 0.3) is 0 Å². The summed E-state index contributed by atoms with van der Waals surface area (Å²) in [5.74, 6) is 1.88. The van der Waals surface area contributed by atoms with E-state index in [1.807, 2.05) is 19.2 Å². The zero-order chi connectivity index (χ0) is 10.6. The third-order valence-corrected chi connectivity index (χ3v) is 2.00. The fraction of sp³-hybridized carbons (Fsp3) is 0.545. The summed E-state index contributed by atoms with van der Waals surface area (Å²) in [4.78, 5) is 4.16. The van der Waals surface area contributed by atoms with Crippen molar-refractivity contribution in [2.45, 2.75) is 26.7 Å². The van der Waals surface area contributed by atoms with Crippen molar-refractivity contribution in [1.29, 1.82) is 0 Å². The van der Waals surface area contributed by atoms with Gasteiger partial charge in [0.2, 0.25) is 5.88 Å². The molecule has 0 fully saturated rings. The zero-order valence-corrected chi connectivity index (χ0v) is 9.20. The smallest absolute Gasteiger partial charge is 0.216 e. The molecule has 1 rings (SSSR count). The van der Waals surface area contributed by atoms with Crippen LogP contribution in [-0.2, 0) is 0 Å². The molecule has 0 unspecified atom stereocenters. The summed E-state index contributed by atoms with van der Waals surface area (Å²) in [6.45, 7) is 6.86. The highest BCUT2D eigenvalue weighted by molar-refractivity contribution is 5.37. The molecule has 0 aliphatic rings. The first-order chi connectivity index (χ1) is 6.69. The highest BCUT2D eigenvalue weighted by atomic mass is 16.5. The molecular weight excluding hydrogens is 178 g/mol. The quantitative estimate of drug-likeness (QED) is 0.740. The Morgan fingerprint density at radius 2 is 2.14 bits per heavy atom. The number of pyridine rings is 1. The minimum atomic E-state index is 0.412. The normalized spacial score (nSPS) is 10.4. The summed E-state index contributed by atoms with van der Waals surface area (Å²) in [6.07, 6.45) is 1.81. The van der Waals surface area contributed by atoms with Crippen LogP contribution in [0.25, 0.3) is 0 Å². The van der Waals surface area contributed by atoms with Crippen molar-refractivity contribution in [3.8, 4) is 11.6 Å². The van der Waals surface area contributed by atoms with E-state index in [0.717, 1.165) is 11.3 Å². The number of aromatic nitrogens is 1. The standard InChI is InChI=1S/C11H17NO2/c1-5-14-10-6-11(13-4)12-7-9(10)8(2)3/h6-8H,5H2,1-4H3. The Morgan fingerprint density at radius 3 is 2.64 bits per heavy atom. The molecular formula is C11H17NO2. The summed E-state index contributed by atoms with van der Waals surface area (Å²) >= 11 is 0. The van der Waals surface area contributed by atoms with Crippen LogP contribution in [0.15, 0.2) is 12.3 Å². The zero-order valence-electron chi connectivity index (χ0n) is 9.20. The second-order valence-corrected chi connectivity index (χ2v) is 3.35. The predicted octanol–water partition coefficient (Wildman–Crippen LogP) is 2.61. The van der Waals surface area contributed by atoms with Crippen LogP contribution in [0, 0.1) is 0 Å².